The van der Waals surface area contributed by atoms with Gasteiger partial charge in [-0.25, -0.2) is 8.42 Å². The second-order valence-electron chi connectivity index (χ2n) is 8.40. The number of hydrogen-bond donors (Lipinski definition) is 1. The van der Waals surface area contributed by atoms with Crippen LogP contribution in [0.4, 0.5) is 0 Å². The van der Waals surface area contributed by atoms with Crippen LogP contribution in [0.3, 0.4) is 0 Å². The number of sulfonamides is 1. The fourth-order valence-corrected chi connectivity index (χ4v) is 6.02. The number of hydrogen-bond acceptors (Lipinski definition) is 5. The number of amides is 1. The minimum atomic E-state index is -3.79. The summed E-state index contributed by atoms with van der Waals surface area (Å²) in [7, 11) is -2.36. The van der Waals surface area contributed by atoms with Crippen molar-refractivity contribution in [3.63, 3.8) is 0 Å². The topological polar surface area (TPSA) is 84.9 Å². The molecule has 0 radical (unpaired) electrons. The zero-order valence-corrected chi connectivity index (χ0v) is 19.9. The van der Waals surface area contributed by atoms with Gasteiger partial charge >= 0.3 is 0 Å². The van der Waals surface area contributed by atoms with Crippen molar-refractivity contribution < 1.29 is 22.7 Å². The molecule has 1 amide bonds. The molecular formula is C24H32N2O5S. The Morgan fingerprint density at radius 3 is 2.50 bits per heavy atom. The normalized spacial score (nSPS) is 19.4. The quantitative estimate of drug-likeness (QED) is 0.649. The van der Waals surface area contributed by atoms with E-state index in [4.69, 9.17) is 9.47 Å². The van der Waals surface area contributed by atoms with E-state index in [1.54, 1.807) is 6.07 Å². The predicted molar refractivity (Wildman–Crippen MR) is 123 cm³/mol. The van der Waals surface area contributed by atoms with E-state index in [9.17, 15) is 13.2 Å². The molecular weight excluding hydrogens is 428 g/mol. The van der Waals surface area contributed by atoms with Crippen molar-refractivity contribution in [3.05, 3.63) is 53.6 Å². The molecule has 2 aromatic rings. The molecule has 0 saturated carbocycles. The van der Waals surface area contributed by atoms with Gasteiger partial charge in [0.25, 0.3) is 5.91 Å². The minimum Gasteiger partial charge on any atom is -0.495 e. The lowest BCUT2D eigenvalue weighted by molar-refractivity contribution is 0.0950. The smallest absolute Gasteiger partial charge is 0.251 e. The van der Waals surface area contributed by atoms with Crippen LogP contribution in [0.1, 0.15) is 43.1 Å². The van der Waals surface area contributed by atoms with Crippen LogP contribution in [-0.4, -0.2) is 45.4 Å². The molecule has 2 atom stereocenters. The molecule has 2 aromatic carbocycles. The molecule has 3 rings (SSSR count). The Kier molecular flexibility index (Phi) is 7.79. The van der Waals surface area contributed by atoms with Gasteiger partial charge in [0.2, 0.25) is 10.0 Å². The number of carbonyl (C=O) groups is 1. The van der Waals surface area contributed by atoms with E-state index < -0.39 is 10.0 Å². The average molecular weight is 461 g/mol. The summed E-state index contributed by atoms with van der Waals surface area (Å²) in [5.74, 6) is 1.17. The summed E-state index contributed by atoms with van der Waals surface area (Å²) >= 11 is 0. The van der Waals surface area contributed by atoms with Gasteiger partial charge in [0, 0.05) is 25.2 Å². The molecule has 0 aliphatic carbocycles. The molecule has 2 unspecified atom stereocenters. The summed E-state index contributed by atoms with van der Waals surface area (Å²) in [6.45, 7) is 7.81. The van der Waals surface area contributed by atoms with Crippen LogP contribution in [0.5, 0.6) is 11.5 Å². The van der Waals surface area contributed by atoms with Gasteiger partial charge in [-0.3, -0.25) is 4.79 Å². The van der Waals surface area contributed by atoms with Crippen LogP contribution >= 0.6 is 0 Å². The number of nitrogens with zero attached hydrogens (tertiary/aromatic N) is 1. The predicted octanol–water partition coefficient (Wildman–Crippen LogP) is 3.69. The van der Waals surface area contributed by atoms with Crippen LogP contribution in [0.25, 0.3) is 0 Å². The first-order valence-corrected chi connectivity index (χ1v) is 12.4. The SMILES string of the molecule is CCOc1cccc(CNC(=O)c2ccc(OC)c(S(=O)(=O)N3CC(C)CC(C)C3)c2)c1. The number of nitrogens with one attached hydrogen (secondary N) is 1. The number of methoxy groups -OCH3 is 1. The van der Waals surface area contributed by atoms with Crippen LogP contribution in [0.15, 0.2) is 47.4 Å². The van der Waals surface area contributed by atoms with Gasteiger partial charge in [-0.15, -0.1) is 0 Å². The van der Waals surface area contributed by atoms with Crippen LogP contribution in [0, 0.1) is 11.8 Å². The Morgan fingerprint density at radius 2 is 1.84 bits per heavy atom. The second kappa shape index (κ2) is 10.4. The van der Waals surface area contributed by atoms with Crippen molar-refractivity contribution in [2.45, 2.75) is 38.6 Å². The first kappa shape index (κ1) is 24.1. The molecule has 174 valence electrons. The zero-order valence-electron chi connectivity index (χ0n) is 19.1. The summed E-state index contributed by atoms with van der Waals surface area (Å²) in [6, 6.07) is 12.0. The second-order valence-corrected chi connectivity index (χ2v) is 10.3. The standard InChI is InChI=1S/C24H32N2O5S/c1-5-31-21-8-6-7-19(12-21)14-25-24(27)20-9-10-22(30-4)23(13-20)32(28,29)26-15-17(2)11-18(3)16-26/h6-10,12-13,17-18H,5,11,14-16H2,1-4H3,(H,25,27). The van der Waals surface area contributed by atoms with E-state index >= 15 is 0 Å². The van der Waals surface area contributed by atoms with E-state index in [1.807, 2.05) is 31.2 Å². The Bertz CT molecular complexity index is 1040. The van der Waals surface area contributed by atoms with E-state index in [0.717, 1.165) is 17.7 Å². The first-order valence-electron chi connectivity index (χ1n) is 10.9. The monoisotopic (exact) mass is 460 g/mol. The Morgan fingerprint density at radius 1 is 1.12 bits per heavy atom. The van der Waals surface area contributed by atoms with Crippen molar-refractivity contribution in [2.75, 3.05) is 26.8 Å². The highest BCUT2D eigenvalue weighted by Gasteiger charge is 2.34. The van der Waals surface area contributed by atoms with Gasteiger partial charge in [-0.2, -0.15) is 4.31 Å². The molecule has 1 heterocycles. The van der Waals surface area contributed by atoms with Gasteiger partial charge in [-0.05, 0) is 61.1 Å². The number of benzene rings is 2. The van der Waals surface area contributed by atoms with Crippen molar-refractivity contribution >= 4 is 15.9 Å². The molecule has 1 fully saturated rings. The van der Waals surface area contributed by atoms with Crippen molar-refractivity contribution in [2.24, 2.45) is 11.8 Å². The number of ether oxygens (including phenoxy) is 2. The van der Waals surface area contributed by atoms with Gasteiger partial charge in [0.15, 0.2) is 0 Å². The zero-order chi connectivity index (χ0) is 23.3. The average Bonchev–Trinajstić information content (AvgIpc) is 2.77. The molecule has 0 spiro atoms. The maximum atomic E-state index is 13.4. The number of rotatable bonds is 8. The summed E-state index contributed by atoms with van der Waals surface area (Å²) in [4.78, 5) is 12.8. The Balaban J connectivity index is 1.81. The molecule has 7 nitrogen and oxygen atoms in total. The van der Waals surface area contributed by atoms with E-state index in [2.05, 4.69) is 19.2 Å². The number of carbonyl (C=O) groups excluding carboxylic acids is 1. The van der Waals surface area contributed by atoms with Gasteiger partial charge < -0.3 is 14.8 Å². The van der Waals surface area contributed by atoms with E-state index in [0.29, 0.717) is 26.2 Å². The molecule has 1 aliphatic heterocycles. The van der Waals surface area contributed by atoms with Gasteiger partial charge in [-0.1, -0.05) is 26.0 Å². The summed E-state index contributed by atoms with van der Waals surface area (Å²) in [6.07, 6.45) is 0.996. The number of piperidine rings is 1. The third-order valence-corrected chi connectivity index (χ3v) is 7.39. The maximum absolute atomic E-state index is 13.4. The maximum Gasteiger partial charge on any atom is 0.251 e. The van der Waals surface area contributed by atoms with Crippen LogP contribution < -0.4 is 14.8 Å². The minimum absolute atomic E-state index is 0.0206. The fourth-order valence-electron chi connectivity index (χ4n) is 4.16. The van der Waals surface area contributed by atoms with Crippen LogP contribution in [-0.2, 0) is 16.6 Å². The Hall–Kier alpha value is -2.58. The third-order valence-electron chi connectivity index (χ3n) is 5.54. The summed E-state index contributed by atoms with van der Waals surface area (Å²) < 4.78 is 39.1. The lowest BCUT2D eigenvalue weighted by Gasteiger charge is -2.34. The molecule has 0 bridgehead atoms. The fraction of sp³-hybridized carbons (Fsp3) is 0.458. The van der Waals surface area contributed by atoms with Gasteiger partial charge in [0.1, 0.15) is 16.4 Å². The lowest BCUT2D eigenvalue weighted by Crippen LogP contribution is -2.42. The molecule has 32 heavy (non-hydrogen) atoms. The molecule has 1 aliphatic rings. The third kappa shape index (κ3) is 5.61. The van der Waals surface area contributed by atoms with Crippen LogP contribution in [0.2, 0.25) is 0 Å². The molecule has 1 N–H and O–H groups in total. The Labute approximate surface area is 190 Å². The highest BCUT2D eigenvalue weighted by Crippen LogP contribution is 2.32. The van der Waals surface area contributed by atoms with E-state index in [1.165, 1.54) is 23.5 Å². The van der Waals surface area contributed by atoms with Crippen molar-refractivity contribution in [3.8, 4) is 11.5 Å². The highest BCUT2D eigenvalue weighted by molar-refractivity contribution is 7.89. The molecule has 1 saturated heterocycles. The largest absolute Gasteiger partial charge is 0.495 e. The first-order chi connectivity index (χ1) is 15.2. The molecule has 8 heteroatoms. The van der Waals surface area contributed by atoms with E-state index in [-0.39, 0.29) is 34.0 Å². The summed E-state index contributed by atoms with van der Waals surface area (Å²) in [5.41, 5.74) is 1.16. The van der Waals surface area contributed by atoms with Crippen molar-refractivity contribution in [1.29, 1.82) is 0 Å². The summed E-state index contributed by atoms with van der Waals surface area (Å²) in [5, 5.41) is 2.85. The highest BCUT2D eigenvalue weighted by atomic mass is 32.2. The molecule has 0 aromatic heterocycles. The lowest BCUT2D eigenvalue weighted by atomic mass is 9.94. The van der Waals surface area contributed by atoms with Crippen molar-refractivity contribution in [1.82, 2.24) is 9.62 Å². The van der Waals surface area contributed by atoms with Gasteiger partial charge in [0.05, 0.1) is 13.7 Å².